The van der Waals surface area contributed by atoms with Crippen molar-refractivity contribution in [2.75, 3.05) is 0 Å². The van der Waals surface area contributed by atoms with Crippen LogP contribution in [-0.2, 0) is 0 Å². The van der Waals surface area contributed by atoms with E-state index in [0.717, 1.165) is 44.5 Å². The average molecular weight is 423 g/mol. The Morgan fingerprint density at radius 3 is 1.28 bits per heavy atom. The maximum absolute atomic E-state index is 13.0. The Labute approximate surface area is 189 Å². The third-order valence-corrected chi connectivity index (χ3v) is 5.89. The predicted molar refractivity (Wildman–Crippen MR) is 129 cm³/mol. The second-order valence-electron chi connectivity index (χ2n) is 7.95. The summed E-state index contributed by atoms with van der Waals surface area (Å²) in [5, 5.41) is 0. The van der Waals surface area contributed by atoms with E-state index in [-0.39, 0.29) is 0 Å². The van der Waals surface area contributed by atoms with Crippen LogP contribution in [-0.4, -0.2) is 6.16 Å². The summed E-state index contributed by atoms with van der Waals surface area (Å²) in [4.78, 5) is 13.0. The highest BCUT2D eigenvalue weighted by Crippen LogP contribution is 2.37. The minimum absolute atomic E-state index is 0.521. The molecule has 0 spiro atoms. The van der Waals surface area contributed by atoms with E-state index in [1.54, 1.807) is 0 Å². The molecule has 0 N–H and O–H groups in total. The summed E-state index contributed by atoms with van der Waals surface area (Å²) in [5.74, 6) is 1.04. The van der Waals surface area contributed by atoms with E-state index in [9.17, 15) is 4.79 Å². The second kappa shape index (κ2) is 9.11. The van der Waals surface area contributed by atoms with Crippen LogP contribution in [0.5, 0.6) is 11.5 Å². The largest absolute Gasteiger partial charge is 0.519 e. The quantitative estimate of drug-likeness (QED) is 0.248. The van der Waals surface area contributed by atoms with Crippen molar-refractivity contribution >= 4 is 6.16 Å². The molecular weight excluding hydrogens is 396 g/mol. The van der Waals surface area contributed by atoms with Crippen molar-refractivity contribution in [1.29, 1.82) is 0 Å². The Bertz CT molecular complexity index is 1160. The van der Waals surface area contributed by atoms with Crippen LogP contribution >= 0.6 is 0 Å². The number of ether oxygens (including phenoxy) is 2. The Balaban J connectivity index is 1.71. The van der Waals surface area contributed by atoms with Gasteiger partial charge in [0.1, 0.15) is 11.5 Å². The van der Waals surface area contributed by atoms with E-state index in [1.807, 2.05) is 113 Å². The summed E-state index contributed by atoms with van der Waals surface area (Å²) in [6, 6.07) is 27.8. The van der Waals surface area contributed by atoms with Gasteiger partial charge in [-0.3, -0.25) is 0 Å². The molecule has 0 saturated heterocycles. The second-order valence-corrected chi connectivity index (χ2v) is 7.95. The fourth-order valence-corrected chi connectivity index (χ4v) is 3.72. The van der Waals surface area contributed by atoms with E-state index in [0.29, 0.717) is 11.5 Å². The molecule has 0 aliphatic carbocycles. The van der Waals surface area contributed by atoms with Gasteiger partial charge < -0.3 is 9.47 Å². The lowest BCUT2D eigenvalue weighted by atomic mass is 9.98. The van der Waals surface area contributed by atoms with Crippen LogP contribution < -0.4 is 9.47 Å². The molecule has 3 heteroatoms. The van der Waals surface area contributed by atoms with Gasteiger partial charge in [0.15, 0.2) is 0 Å². The first kappa shape index (κ1) is 21.4. The maximum atomic E-state index is 13.0. The van der Waals surface area contributed by atoms with E-state index < -0.39 is 6.16 Å². The topological polar surface area (TPSA) is 35.5 Å². The van der Waals surface area contributed by atoms with Crippen LogP contribution in [0.4, 0.5) is 4.79 Å². The molecule has 0 heterocycles. The molecule has 0 bridgehead atoms. The molecule has 0 amide bonds. The van der Waals surface area contributed by atoms with Crippen molar-refractivity contribution in [3.05, 3.63) is 107 Å². The van der Waals surface area contributed by atoms with E-state index in [4.69, 9.17) is 9.47 Å². The molecule has 0 atom stereocenters. The van der Waals surface area contributed by atoms with Crippen molar-refractivity contribution in [3.8, 4) is 33.8 Å². The first-order valence-electron chi connectivity index (χ1n) is 10.7. The van der Waals surface area contributed by atoms with Crippen molar-refractivity contribution in [1.82, 2.24) is 0 Å². The summed E-state index contributed by atoms with van der Waals surface area (Å²) < 4.78 is 11.7. The molecule has 0 aliphatic heterocycles. The molecule has 4 aromatic rings. The minimum atomic E-state index is -0.748. The van der Waals surface area contributed by atoms with Crippen LogP contribution in [0.1, 0.15) is 22.3 Å². The highest BCUT2D eigenvalue weighted by atomic mass is 16.7. The summed E-state index contributed by atoms with van der Waals surface area (Å²) in [6.07, 6.45) is -0.748. The summed E-state index contributed by atoms with van der Waals surface area (Å²) in [6.45, 7) is 7.91. The number of carbonyl (C=O) groups is 1. The smallest absolute Gasteiger partial charge is 0.394 e. The highest BCUT2D eigenvalue weighted by Gasteiger charge is 2.20. The van der Waals surface area contributed by atoms with Gasteiger partial charge in [0, 0.05) is 11.1 Å². The molecule has 4 rings (SSSR count). The van der Waals surface area contributed by atoms with Gasteiger partial charge in [-0.05, 0) is 61.1 Å². The van der Waals surface area contributed by atoms with Crippen LogP contribution in [0, 0.1) is 27.7 Å². The normalized spacial score (nSPS) is 10.6. The third-order valence-electron chi connectivity index (χ3n) is 5.89. The molecule has 0 fully saturated rings. The van der Waals surface area contributed by atoms with Crippen molar-refractivity contribution in [2.45, 2.75) is 27.7 Å². The van der Waals surface area contributed by atoms with E-state index >= 15 is 0 Å². The van der Waals surface area contributed by atoms with Crippen molar-refractivity contribution in [3.63, 3.8) is 0 Å². The van der Waals surface area contributed by atoms with Crippen LogP contribution in [0.3, 0.4) is 0 Å². The van der Waals surface area contributed by atoms with Crippen LogP contribution in [0.15, 0.2) is 84.9 Å². The highest BCUT2D eigenvalue weighted by molar-refractivity contribution is 5.81. The molecule has 0 saturated carbocycles. The zero-order chi connectivity index (χ0) is 22.7. The van der Waals surface area contributed by atoms with Gasteiger partial charge in [0.25, 0.3) is 0 Å². The fraction of sp³-hybridized carbons (Fsp3) is 0.138. The Morgan fingerprint density at radius 1 is 0.531 bits per heavy atom. The first-order chi connectivity index (χ1) is 15.5. The number of hydrogen-bond donors (Lipinski definition) is 0. The fourth-order valence-electron chi connectivity index (χ4n) is 3.72. The van der Waals surface area contributed by atoms with Gasteiger partial charge in [-0.1, -0.05) is 84.9 Å². The Kier molecular flexibility index (Phi) is 6.09. The standard InChI is InChI=1S/C29H26O3/c1-19-15-17-25(23-11-7-5-8-12-23)27(21(19)3)31-29(30)32-28-22(4)20(2)16-18-26(28)24-13-9-6-10-14-24/h5-18H,1-4H3. The Hall–Kier alpha value is -3.85. The third kappa shape index (κ3) is 4.28. The SMILES string of the molecule is Cc1ccc(-c2ccccc2)c(OC(=O)Oc2c(-c3ccccc3)ccc(C)c2C)c1C. The van der Waals surface area contributed by atoms with Gasteiger partial charge >= 0.3 is 6.16 Å². The summed E-state index contributed by atoms with van der Waals surface area (Å²) in [5.41, 5.74) is 7.59. The van der Waals surface area contributed by atoms with Crippen molar-refractivity contribution in [2.24, 2.45) is 0 Å². The molecule has 0 aromatic heterocycles. The summed E-state index contributed by atoms with van der Waals surface area (Å²) >= 11 is 0. The van der Waals surface area contributed by atoms with Crippen LogP contribution in [0.25, 0.3) is 22.3 Å². The number of benzene rings is 4. The molecular formula is C29H26O3. The molecule has 160 valence electrons. The van der Waals surface area contributed by atoms with E-state index in [2.05, 4.69) is 0 Å². The summed E-state index contributed by atoms with van der Waals surface area (Å²) in [7, 11) is 0. The number of aryl methyl sites for hydroxylation is 2. The van der Waals surface area contributed by atoms with E-state index in [1.165, 1.54) is 0 Å². The number of carbonyl (C=O) groups excluding carboxylic acids is 1. The molecule has 0 unspecified atom stereocenters. The minimum Gasteiger partial charge on any atom is -0.394 e. The van der Waals surface area contributed by atoms with Gasteiger partial charge in [-0.2, -0.15) is 0 Å². The molecule has 3 nitrogen and oxygen atoms in total. The zero-order valence-corrected chi connectivity index (χ0v) is 18.8. The molecule has 4 aromatic carbocycles. The van der Waals surface area contributed by atoms with Gasteiger partial charge in [0.05, 0.1) is 0 Å². The van der Waals surface area contributed by atoms with Crippen LogP contribution in [0.2, 0.25) is 0 Å². The number of rotatable bonds is 4. The first-order valence-corrected chi connectivity index (χ1v) is 10.7. The lowest BCUT2D eigenvalue weighted by Gasteiger charge is -2.17. The van der Waals surface area contributed by atoms with Gasteiger partial charge in [0.2, 0.25) is 0 Å². The molecule has 0 radical (unpaired) electrons. The Morgan fingerprint density at radius 2 is 0.906 bits per heavy atom. The van der Waals surface area contributed by atoms with Crippen molar-refractivity contribution < 1.29 is 14.3 Å². The lowest BCUT2D eigenvalue weighted by molar-refractivity contribution is 0.151. The van der Waals surface area contributed by atoms with Gasteiger partial charge in [-0.25, -0.2) is 4.79 Å². The average Bonchev–Trinajstić information content (AvgIpc) is 2.81. The lowest BCUT2D eigenvalue weighted by Crippen LogP contribution is -2.16. The predicted octanol–water partition coefficient (Wildman–Crippen LogP) is 7.83. The maximum Gasteiger partial charge on any atom is 0.519 e. The number of hydrogen-bond acceptors (Lipinski definition) is 3. The molecule has 0 aliphatic rings. The van der Waals surface area contributed by atoms with Gasteiger partial charge in [-0.15, -0.1) is 0 Å². The zero-order valence-electron chi connectivity index (χ0n) is 18.8. The molecule has 32 heavy (non-hydrogen) atoms. The monoisotopic (exact) mass is 422 g/mol.